The zero-order chi connectivity index (χ0) is 12.3. The van der Waals surface area contributed by atoms with Crippen LogP contribution in [0.15, 0.2) is 36.8 Å². The molecule has 0 aliphatic carbocycles. The highest BCUT2D eigenvalue weighted by Crippen LogP contribution is 2.21. The van der Waals surface area contributed by atoms with Gasteiger partial charge < -0.3 is 4.74 Å². The van der Waals surface area contributed by atoms with Crippen molar-refractivity contribution in [1.29, 1.82) is 0 Å². The van der Waals surface area contributed by atoms with E-state index >= 15 is 0 Å². The molecule has 4 nitrogen and oxygen atoms in total. The third-order valence-electron chi connectivity index (χ3n) is 2.23. The Labute approximate surface area is 97.1 Å². The van der Waals surface area contributed by atoms with Crippen molar-refractivity contribution < 1.29 is 13.9 Å². The van der Waals surface area contributed by atoms with Crippen LogP contribution >= 0.6 is 0 Å². The van der Waals surface area contributed by atoms with E-state index in [1.54, 1.807) is 18.3 Å². The Kier molecular flexibility index (Phi) is 3.09. The minimum absolute atomic E-state index is 0.202. The van der Waals surface area contributed by atoms with Gasteiger partial charge in [-0.1, -0.05) is 6.07 Å². The summed E-state index contributed by atoms with van der Waals surface area (Å²) in [6.07, 6.45) is 4.22. The summed E-state index contributed by atoms with van der Waals surface area (Å²) in [5.74, 6) is -1.20. The van der Waals surface area contributed by atoms with E-state index in [0.717, 1.165) is 6.20 Å². The highest BCUT2D eigenvalue weighted by molar-refractivity contribution is 5.90. The van der Waals surface area contributed by atoms with Crippen LogP contribution < -0.4 is 0 Å². The van der Waals surface area contributed by atoms with Gasteiger partial charge in [-0.3, -0.25) is 4.98 Å². The van der Waals surface area contributed by atoms with Gasteiger partial charge in [0.1, 0.15) is 0 Å². The highest BCUT2D eigenvalue weighted by atomic mass is 19.1. The third kappa shape index (κ3) is 2.28. The number of pyridine rings is 2. The van der Waals surface area contributed by atoms with Crippen LogP contribution in [0.2, 0.25) is 0 Å². The van der Waals surface area contributed by atoms with Crippen molar-refractivity contribution in [3.05, 3.63) is 48.3 Å². The minimum atomic E-state index is -0.648. The molecule has 2 rings (SSSR count). The Bertz CT molecular complexity index is 543. The zero-order valence-corrected chi connectivity index (χ0v) is 9.05. The summed E-state index contributed by atoms with van der Waals surface area (Å²) in [7, 11) is 1.26. The average molecular weight is 232 g/mol. The van der Waals surface area contributed by atoms with Gasteiger partial charge in [0.05, 0.1) is 12.7 Å². The van der Waals surface area contributed by atoms with Crippen LogP contribution in [0.3, 0.4) is 0 Å². The van der Waals surface area contributed by atoms with Gasteiger partial charge in [0.25, 0.3) is 0 Å². The Morgan fingerprint density at radius 3 is 2.88 bits per heavy atom. The summed E-state index contributed by atoms with van der Waals surface area (Å²) < 4.78 is 18.1. The molecule has 0 saturated carbocycles. The van der Waals surface area contributed by atoms with Gasteiger partial charge in [-0.05, 0) is 12.1 Å². The quantitative estimate of drug-likeness (QED) is 0.587. The Morgan fingerprint density at radius 2 is 2.24 bits per heavy atom. The second-order valence-corrected chi connectivity index (χ2v) is 3.30. The molecule has 2 heterocycles. The van der Waals surface area contributed by atoms with Crippen molar-refractivity contribution in [3.63, 3.8) is 0 Å². The number of nitrogens with zero attached hydrogens (tertiary/aromatic N) is 2. The monoisotopic (exact) mass is 232 g/mol. The molecule has 0 fully saturated rings. The number of methoxy groups -OCH3 is 1. The van der Waals surface area contributed by atoms with Gasteiger partial charge in [0, 0.05) is 29.7 Å². The van der Waals surface area contributed by atoms with Gasteiger partial charge in [0.2, 0.25) is 5.95 Å². The van der Waals surface area contributed by atoms with E-state index in [0.29, 0.717) is 5.56 Å². The number of esters is 1. The van der Waals surface area contributed by atoms with Gasteiger partial charge in [0.15, 0.2) is 0 Å². The molecule has 86 valence electrons. The third-order valence-corrected chi connectivity index (χ3v) is 2.23. The largest absolute Gasteiger partial charge is 0.465 e. The fourth-order valence-electron chi connectivity index (χ4n) is 1.40. The summed E-state index contributed by atoms with van der Waals surface area (Å²) >= 11 is 0. The molecule has 0 aromatic carbocycles. The summed E-state index contributed by atoms with van der Waals surface area (Å²) in [5, 5.41) is 0. The standard InChI is InChI=1S/C12H9FN2O2/c1-17-12(16)9-5-10(11(13)15-7-9)8-3-2-4-14-6-8/h2-7H,1H3. The topological polar surface area (TPSA) is 52.1 Å². The molecule has 0 amide bonds. The zero-order valence-electron chi connectivity index (χ0n) is 9.05. The average Bonchev–Trinajstić information content (AvgIpc) is 2.39. The van der Waals surface area contributed by atoms with E-state index in [4.69, 9.17) is 0 Å². The van der Waals surface area contributed by atoms with Crippen LogP contribution in [-0.2, 0) is 4.74 Å². The molecule has 0 bridgehead atoms. The van der Waals surface area contributed by atoms with Gasteiger partial charge in [-0.25, -0.2) is 9.78 Å². The number of halogens is 1. The van der Waals surface area contributed by atoms with Crippen molar-refractivity contribution >= 4 is 5.97 Å². The molecule has 2 aromatic heterocycles. The van der Waals surface area contributed by atoms with Crippen LogP contribution in [0, 0.1) is 5.95 Å². The molecule has 0 atom stereocenters. The smallest absolute Gasteiger partial charge is 0.339 e. The van der Waals surface area contributed by atoms with Crippen LogP contribution in [-0.4, -0.2) is 23.0 Å². The van der Waals surface area contributed by atoms with Gasteiger partial charge in [-0.2, -0.15) is 4.39 Å². The van der Waals surface area contributed by atoms with Crippen LogP contribution in [0.4, 0.5) is 4.39 Å². The number of aromatic nitrogens is 2. The predicted molar refractivity (Wildman–Crippen MR) is 58.8 cm³/mol. The van der Waals surface area contributed by atoms with Crippen molar-refractivity contribution in [1.82, 2.24) is 9.97 Å². The second-order valence-electron chi connectivity index (χ2n) is 3.30. The summed E-state index contributed by atoms with van der Waals surface area (Å²) in [6, 6.07) is 4.76. The number of rotatable bonds is 2. The molecule has 0 aliphatic rings. The number of ether oxygens (including phenoxy) is 1. The number of carbonyl (C=O) groups excluding carboxylic acids is 1. The molecule has 0 spiro atoms. The van der Waals surface area contributed by atoms with Gasteiger partial charge in [-0.15, -0.1) is 0 Å². The first-order valence-corrected chi connectivity index (χ1v) is 4.86. The SMILES string of the molecule is COC(=O)c1cnc(F)c(-c2cccnc2)c1. The molecule has 0 N–H and O–H groups in total. The maximum absolute atomic E-state index is 13.5. The highest BCUT2D eigenvalue weighted by Gasteiger charge is 2.12. The maximum Gasteiger partial charge on any atom is 0.339 e. The number of hydrogen-bond acceptors (Lipinski definition) is 4. The van der Waals surface area contributed by atoms with E-state index in [1.807, 2.05) is 0 Å². The molecular weight excluding hydrogens is 223 g/mol. The van der Waals surface area contributed by atoms with Crippen molar-refractivity contribution in [2.45, 2.75) is 0 Å². The summed E-state index contributed by atoms with van der Waals surface area (Å²) in [6.45, 7) is 0. The molecule has 0 saturated heterocycles. The van der Waals surface area contributed by atoms with Crippen molar-refractivity contribution in [2.24, 2.45) is 0 Å². The normalized spacial score (nSPS) is 10.0. The van der Waals surface area contributed by atoms with Crippen LogP contribution in [0.5, 0.6) is 0 Å². The number of hydrogen-bond donors (Lipinski definition) is 0. The van der Waals surface area contributed by atoms with E-state index < -0.39 is 11.9 Å². The fraction of sp³-hybridized carbons (Fsp3) is 0.0833. The lowest BCUT2D eigenvalue weighted by Gasteiger charge is -2.04. The van der Waals surface area contributed by atoms with Crippen LogP contribution in [0.25, 0.3) is 11.1 Å². The van der Waals surface area contributed by atoms with Crippen molar-refractivity contribution in [2.75, 3.05) is 7.11 Å². The first-order chi connectivity index (χ1) is 8.22. The predicted octanol–water partition coefficient (Wildman–Crippen LogP) is 2.07. The second kappa shape index (κ2) is 4.69. The summed E-state index contributed by atoms with van der Waals surface area (Å²) in [4.78, 5) is 18.7. The summed E-state index contributed by atoms with van der Waals surface area (Å²) in [5.41, 5.74) is 0.983. The lowest BCUT2D eigenvalue weighted by Crippen LogP contribution is -2.03. The molecular formula is C12H9FN2O2. The van der Waals surface area contributed by atoms with E-state index in [9.17, 15) is 9.18 Å². The molecule has 5 heteroatoms. The lowest BCUT2D eigenvalue weighted by molar-refractivity contribution is 0.0600. The fourth-order valence-corrected chi connectivity index (χ4v) is 1.40. The first kappa shape index (κ1) is 11.2. The molecule has 0 aliphatic heterocycles. The molecule has 0 radical (unpaired) electrons. The van der Waals surface area contributed by atoms with E-state index in [2.05, 4.69) is 14.7 Å². The van der Waals surface area contributed by atoms with E-state index in [1.165, 1.54) is 19.4 Å². The van der Waals surface area contributed by atoms with Gasteiger partial charge >= 0.3 is 5.97 Å². The Hall–Kier alpha value is -2.30. The van der Waals surface area contributed by atoms with E-state index in [-0.39, 0.29) is 11.1 Å². The minimum Gasteiger partial charge on any atom is -0.465 e. The molecule has 2 aromatic rings. The van der Waals surface area contributed by atoms with Crippen molar-refractivity contribution in [3.8, 4) is 11.1 Å². The lowest BCUT2D eigenvalue weighted by atomic mass is 10.1. The number of carbonyl (C=O) groups is 1. The van der Waals surface area contributed by atoms with Crippen LogP contribution in [0.1, 0.15) is 10.4 Å². The Balaban J connectivity index is 2.50. The maximum atomic E-state index is 13.5. The Morgan fingerprint density at radius 1 is 1.41 bits per heavy atom. The molecule has 0 unspecified atom stereocenters. The first-order valence-electron chi connectivity index (χ1n) is 4.86. The molecule has 17 heavy (non-hydrogen) atoms.